The largest absolute Gasteiger partial charge is 0.478 e. The zero-order valence-corrected chi connectivity index (χ0v) is 13.2. The van der Waals surface area contributed by atoms with Crippen molar-refractivity contribution in [3.8, 4) is 5.69 Å². The van der Waals surface area contributed by atoms with Gasteiger partial charge in [0.1, 0.15) is 11.2 Å². The second kappa shape index (κ2) is 5.28. The van der Waals surface area contributed by atoms with Crippen LogP contribution in [0.3, 0.4) is 0 Å². The summed E-state index contributed by atoms with van der Waals surface area (Å²) in [6.45, 7) is 0. The zero-order chi connectivity index (χ0) is 18.6. The second-order valence-electron chi connectivity index (χ2n) is 5.63. The highest BCUT2D eigenvalue weighted by molar-refractivity contribution is 6.07. The van der Waals surface area contributed by atoms with Crippen molar-refractivity contribution in [1.29, 1.82) is 0 Å². The van der Waals surface area contributed by atoms with E-state index < -0.39 is 17.8 Å². The van der Waals surface area contributed by atoms with Gasteiger partial charge in [-0.1, -0.05) is 0 Å². The number of carboxylic acids is 1. The number of hydrogen-bond acceptors (Lipinski definition) is 4. The third kappa shape index (κ3) is 2.38. The topological polar surface area (TPSA) is 85.8 Å². The van der Waals surface area contributed by atoms with Crippen LogP contribution in [0.5, 0.6) is 0 Å². The van der Waals surface area contributed by atoms with Gasteiger partial charge < -0.3 is 5.11 Å². The van der Waals surface area contributed by atoms with Gasteiger partial charge in [-0.05, 0) is 30.3 Å². The Morgan fingerprint density at radius 1 is 1.15 bits per heavy atom. The fourth-order valence-electron chi connectivity index (χ4n) is 2.84. The summed E-state index contributed by atoms with van der Waals surface area (Å²) in [6.07, 6.45) is -3.43. The van der Waals surface area contributed by atoms with E-state index in [1.807, 2.05) is 0 Å². The summed E-state index contributed by atoms with van der Waals surface area (Å²) >= 11 is 0. The van der Waals surface area contributed by atoms with Crippen molar-refractivity contribution >= 4 is 28.0 Å². The Hall–Kier alpha value is -3.43. The van der Waals surface area contributed by atoms with E-state index in [4.69, 9.17) is 0 Å². The molecule has 0 atom stereocenters. The lowest BCUT2D eigenvalue weighted by atomic mass is 10.1. The first-order valence-corrected chi connectivity index (χ1v) is 7.38. The molecule has 0 aliphatic rings. The molecule has 1 aromatic carbocycles. The number of nitrogens with zero attached hydrogens (tertiary/aromatic N) is 5. The first kappa shape index (κ1) is 16.1. The summed E-state index contributed by atoms with van der Waals surface area (Å²) in [5, 5.41) is 18.2. The van der Waals surface area contributed by atoms with Crippen LogP contribution in [0.4, 0.5) is 13.2 Å². The van der Waals surface area contributed by atoms with Crippen molar-refractivity contribution < 1.29 is 23.1 Å². The quantitative estimate of drug-likeness (QED) is 0.593. The van der Waals surface area contributed by atoms with Crippen LogP contribution in [0.25, 0.3) is 27.8 Å². The molecule has 0 amide bonds. The Balaban J connectivity index is 2.00. The van der Waals surface area contributed by atoms with E-state index in [0.29, 0.717) is 27.8 Å². The maximum Gasteiger partial charge on any atom is 0.433 e. The van der Waals surface area contributed by atoms with Crippen molar-refractivity contribution in [2.45, 2.75) is 6.18 Å². The van der Waals surface area contributed by atoms with Gasteiger partial charge in [0.25, 0.3) is 0 Å². The number of rotatable bonds is 2. The average molecular weight is 361 g/mol. The van der Waals surface area contributed by atoms with Crippen molar-refractivity contribution in [2.75, 3.05) is 0 Å². The molecule has 0 saturated heterocycles. The number of aromatic carboxylic acids is 1. The van der Waals surface area contributed by atoms with E-state index in [0.717, 1.165) is 12.3 Å². The molecule has 0 aliphatic carbocycles. The standard InChI is InChI=1S/C16H10F3N5O2/c1-23-21-13-10-6-8(15(25)26)2-4-11(10)24(14(13)22-23)9-3-5-12(20-7-9)16(17,18)19/h2-7H,1H3,(H,25,26). The number of hydrogen-bond donors (Lipinski definition) is 1. The molecule has 0 bridgehead atoms. The van der Waals surface area contributed by atoms with Gasteiger partial charge >= 0.3 is 12.1 Å². The number of carboxylic acid groups (broad SMARTS) is 1. The predicted octanol–water partition coefficient (Wildman–Crippen LogP) is 3.02. The fourth-order valence-corrected chi connectivity index (χ4v) is 2.84. The van der Waals surface area contributed by atoms with Gasteiger partial charge in [-0.25, -0.2) is 9.78 Å². The molecule has 4 aromatic rings. The molecule has 0 fully saturated rings. The molecule has 132 valence electrons. The number of aromatic nitrogens is 5. The molecule has 3 aromatic heterocycles. The van der Waals surface area contributed by atoms with E-state index >= 15 is 0 Å². The van der Waals surface area contributed by atoms with Gasteiger partial charge in [0.15, 0.2) is 5.65 Å². The lowest BCUT2D eigenvalue weighted by Gasteiger charge is -2.09. The van der Waals surface area contributed by atoms with Gasteiger partial charge in [-0.2, -0.15) is 23.1 Å². The molecule has 0 radical (unpaired) electrons. The Labute approximate surface area is 143 Å². The van der Waals surface area contributed by atoms with Crippen molar-refractivity contribution in [1.82, 2.24) is 24.5 Å². The van der Waals surface area contributed by atoms with Crippen LogP contribution < -0.4 is 0 Å². The van der Waals surface area contributed by atoms with Crippen LogP contribution in [0, 0.1) is 0 Å². The molecular formula is C16H10F3N5O2. The van der Waals surface area contributed by atoms with E-state index in [1.54, 1.807) is 17.7 Å². The molecule has 10 heteroatoms. The summed E-state index contributed by atoms with van der Waals surface area (Å²) in [5.41, 5.74) is 0.856. The summed E-state index contributed by atoms with van der Waals surface area (Å²) in [5.74, 6) is -1.09. The van der Waals surface area contributed by atoms with Crippen LogP contribution >= 0.6 is 0 Å². The van der Waals surface area contributed by atoms with Gasteiger partial charge in [0, 0.05) is 12.4 Å². The average Bonchev–Trinajstić information content (AvgIpc) is 3.08. The molecule has 3 heterocycles. The highest BCUT2D eigenvalue weighted by Crippen LogP contribution is 2.32. The maximum absolute atomic E-state index is 12.7. The normalized spacial score (nSPS) is 12.2. The van der Waals surface area contributed by atoms with Crippen LogP contribution in [0.1, 0.15) is 16.1 Å². The molecule has 0 spiro atoms. The number of pyridine rings is 1. The SMILES string of the molecule is Cn1nc2c3cc(C(=O)O)ccc3n(-c3ccc(C(F)(F)F)nc3)c2n1. The maximum atomic E-state index is 12.7. The highest BCUT2D eigenvalue weighted by atomic mass is 19.4. The Morgan fingerprint density at radius 2 is 1.92 bits per heavy atom. The molecule has 26 heavy (non-hydrogen) atoms. The summed E-state index contributed by atoms with van der Waals surface area (Å²) < 4.78 is 39.8. The summed E-state index contributed by atoms with van der Waals surface area (Å²) in [6, 6.07) is 6.61. The number of benzene rings is 1. The number of aryl methyl sites for hydroxylation is 1. The van der Waals surface area contributed by atoms with E-state index in [9.17, 15) is 23.1 Å². The molecular weight excluding hydrogens is 351 g/mol. The van der Waals surface area contributed by atoms with Gasteiger partial charge in [0.2, 0.25) is 0 Å². The first-order chi connectivity index (χ1) is 12.3. The van der Waals surface area contributed by atoms with Crippen LogP contribution in [-0.4, -0.2) is 35.6 Å². The lowest BCUT2D eigenvalue weighted by Crippen LogP contribution is -2.08. The minimum Gasteiger partial charge on any atom is -0.478 e. The summed E-state index contributed by atoms with van der Waals surface area (Å²) in [4.78, 5) is 16.0. The van der Waals surface area contributed by atoms with Crippen molar-refractivity contribution in [3.05, 3.63) is 47.8 Å². The molecule has 7 nitrogen and oxygen atoms in total. The van der Waals surface area contributed by atoms with Gasteiger partial charge in [0.05, 0.1) is 23.0 Å². The lowest BCUT2D eigenvalue weighted by molar-refractivity contribution is -0.141. The predicted molar refractivity (Wildman–Crippen MR) is 85.1 cm³/mol. The van der Waals surface area contributed by atoms with E-state index in [-0.39, 0.29) is 5.56 Å². The molecule has 4 rings (SSSR count). The third-order valence-corrected chi connectivity index (χ3v) is 3.94. The Bertz CT molecular complexity index is 1160. The zero-order valence-electron chi connectivity index (χ0n) is 13.2. The molecule has 0 aliphatic heterocycles. The van der Waals surface area contributed by atoms with Crippen LogP contribution in [0.2, 0.25) is 0 Å². The number of alkyl halides is 3. The number of carbonyl (C=O) groups is 1. The highest BCUT2D eigenvalue weighted by Gasteiger charge is 2.32. The molecule has 1 N–H and O–H groups in total. The van der Waals surface area contributed by atoms with Gasteiger partial charge in [-0.3, -0.25) is 4.57 Å². The third-order valence-electron chi connectivity index (χ3n) is 3.94. The van der Waals surface area contributed by atoms with Crippen molar-refractivity contribution in [2.24, 2.45) is 7.05 Å². The smallest absolute Gasteiger partial charge is 0.433 e. The minimum atomic E-state index is -4.53. The van der Waals surface area contributed by atoms with E-state index in [2.05, 4.69) is 15.2 Å². The Morgan fingerprint density at radius 3 is 2.54 bits per heavy atom. The summed E-state index contributed by atoms with van der Waals surface area (Å²) in [7, 11) is 1.60. The first-order valence-electron chi connectivity index (χ1n) is 7.38. The van der Waals surface area contributed by atoms with Crippen molar-refractivity contribution in [3.63, 3.8) is 0 Å². The minimum absolute atomic E-state index is 0.0766. The van der Waals surface area contributed by atoms with Crippen LogP contribution in [0.15, 0.2) is 36.5 Å². The number of fused-ring (bicyclic) bond motifs is 3. The second-order valence-corrected chi connectivity index (χ2v) is 5.63. The van der Waals surface area contributed by atoms with Gasteiger partial charge in [-0.15, -0.1) is 5.10 Å². The number of halogens is 3. The molecule has 0 unspecified atom stereocenters. The monoisotopic (exact) mass is 361 g/mol. The van der Waals surface area contributed by atoms with E-state index in [1.165, 1.54) is 23.0 Å². The van der Waals surface area contributed by atoms with Crippen LogP contribution in [-0.2, 0) is 13.2 Å². The fraction of sp³-hybridized carbons (Fsp3) is 0.125. The molecule has 0 saturated carbocycles. The Kier molecular flexibility index (Phi) is 3.26.